The summed E-state index contributed by atoms with van der Waals surface area (Å²) in [4.78, 5) is 0. The molecular weight excluding hydrogens is 218 g/mol. The van der Waals surface area contributed by atoms with Gasteiger partial charge in [-0.2, -0.15) is 0 Å². The number of likely N-dealkylation sites (N-methyl/N-ethyl adjacent to an activating group) is 1. The van der Waals surface area contributed by atoms with Crippen LogP contribution in [0.1, 0.15) is 18.4 Å². The lowest BCUT2D eigenvalue weighted by Crippen LogP contribution is -2.38. The predicted octanol–water partition coefficient (Wildman–Crippen LogP) is 1.23. The quantitative estimate of drug-likeness (QED) is 0.824. The molecule has 0 radical (unpaired) electrons. The van der Waals surface area contributed by atoms with E-state index in [1.807, 2.05) is 25.2 Å². The zero-order valence-electron chi connectivity index (χ0n) is 9.90. The van der Waals surface area contributed by atoms with Crippen LogP contribution in [-0.4, -0.2) is 25.5 Å². The van der Waals surface area contributed by atoms with Crippen molar-refractivity contribution < 1.29 is 14.6 Å². The minimum atomic E-state index is -0.782. The number of rotatable bonds is 4. The maximum absolute atomic E-state index is 10.8. The second kappa shape index (κ2) is 3.89. The van der Waals surface area contributed by atoms with E-state index in [1.165, 1.54) is 0 Å². The maximum atomic E-state index is 10.8. The Morgan fingerprint density at radius 2 is 2.12 bits per heavy atom. The number of fused-ring (bicyclic) bond motifs is 1. The van der Waals surface area contributed by atoms with Crippen LogP contribution < -0.4 is 14.8 Å². The fraction of sp³-hybridized carbons (Fsp3) is 0.538. The molecule has 0 spiro atoms. The van der Waals surface area contributed by atoms with Gasteiger partial charge in [-0.25, -0.2) is 0 Å². The number of aliphatic hydroxyl groups is 1. The second-order valence-corrected chi connectivity index (χ2v) is 4.80. The molecule has 1 heterocycles. The Hall–Kier alpha value is -1.26. The molecule has 0 aromatic heterocycles. The molecule has 2 N–H and O–H groups in total. The van der Waals surface area contributed by atoms with Crippen molar-refractivity contribution in [2.75, 3.05) is 20.4 Å². The minimum Gasteiger partial charge on any atom is -0.454 e. The molecule has 1 fully saturated rings. The maximum Gasteiger partial charge on any atom is 0.231 e. The summed E-state index contributed by atoms with van der Waals surface area (Å²) in [6.07, 6.45) is 2.18. The summed E-state index contributed by atoms with van der Waals surface area (Å²) >= 11 is 0. The van der Waals surface area contributed by atoms with E-state index < -0.39 is 5.60 Å². The normalized spacial score (nSPS) is 21.3. The third-order valence-electron chi connectivity index (χ3n) is 3.57. The molecule has 1 atom stereocenters. The van der Waals surface area contributed by atoms with E-state index in [1.54, 1.807) is 0 Å². The lowest BCUT2D eigenvalue weighted by molar-refractivity contribution is 0.0151. The largest absolute Gasteiger partial charge is 0.454 e. The van der Waals surface area contributed by atoms with Crippen LogP contribution >= 0.6 is 0 Å². The van der Waals surface area contributed by atoms with Gasteiger partial charge < -0.3 is 19.9 Å². The van der Waals surface area contributed by atoms with Crippen LogP contribution in [0.5, 0.6) is 11.5 Å². The summed E-state index contributed by atoms with van der Waals surface area (Å²) in [6, 6.07) is 5.71. The van der Waals surface area contributed by atoms with E-state index in [-0.39, 0.29) is 6.79 Å². The molecule has 4 nitrogen and oxygen atoms in total. The van der Waals surface area contributed by atoms with Gasteiger partial charge in [-0.1, -0.05) is 6.07 Å². The molecule has 1 aliphatic carbocycles. The van der Waals surface area contributed by atoms with E-state index in [4.69, 9.17) is 9.47 Å². The van der Waals surface area contributed by atoms with Gasteiger partial charge in [0, 0.05) is 6.54 Å². The van der Waals surface area contributed by atoms with E-state index >= 15 is 0 Å². The predicted molar refractivity (Wildman–Crippen MR) is 63.1 cm³/mol. The molecule has 0 saturated heterocycles. The van der Waals surface area contributed by atoms with Gasteiger partial charge >= 0.3 is 0 Å². The lowest BCUT2D eigenvalue weighted by atomic mass is 9.88. The van der Waals surface area contributed by atoms with Crippen molar-refractivity contribution in [2.24, 2.45) is 5.92 Å². The number of hydrogen-bond donors (Lipinski definition) is 2. The third kappa shape index (κ3) is 1.77. The van der Waals surface area contributed by atoms with Crippen LogP contribution in [0.3, 0.4) is 0 Å². The second-order valence-electron chi connectivity index (χ2n) is 4.80. The van der Waals surface area contributed by atoms with Crippen LogP contribution in [0, 0.1) is 5.92 Å². The van der Waals surface area contributed by atoms with Gasteiger partial charge in [-0.05, 0) is 43.5 Å². The smallest absolute Gasteiger partial charge is 0.231 e. The van der Waals surface area contributed by atoms with Gasteiger partial charge in [0.25, 0.3) is 0 Å². The zero-order valence-corrected chi connectivity index (χ0v) is 9.90. The van der Waals surface area contributed by atoms with Crippen LogP contribution in [0.25, 0.3) is 0 Å². The van der Waals surface area contributed by atoms with Crippen LogP contribution in [0.15, 0.2) is 18.2 Å². The molecule has 2 aliphatic rings. The molecule has 3 rings (SSSR count). The molecule has 1 saturated carbocycles. The first kappa shape index (κ1) is 10.9. The van der Waals surface area contributed by atoms with Crippen molar-refractivity contribution in [3.05, 3.63) is 23.8 Å². The molecular formula is C13H17NO3. The Kier molecular flexibility index (Phi) is 2.49. The average molecular weight is 235 g/mol. The first-order chi connectivity index (χ1) is 8.24. The van der Waals surface area contributed by atoms with Crippen molar-refractivity contribution in [1.82, 2.24) is 5.32 Å². The summed E-state index contributed by atoms with van der Waals surface area (Å²) in [6.45, 7) is 0.837. The molecule has 4 heteroatoms. The summed E-state index contributed by atoms with van der Waals surface area (Å²) in [5, 5.41) is 13.9. The Labute approximate surface area is 101 Å². The number of ether oxygens (including phenoxy) is 2. The van der Waals surface area contributed by atoms with E-state index in [9.17, 15) is 5.11 Å². The van der Waals surface area contributed by atoms with Crippen molar-refractivity contribution in [3.63, 3.8) is 0 Å². The third-order valence-corrected chi connectivity index (χ3v) is 3.57. The van der Waals surface area contributed by atoms with Gasteiger partial charge in [0.1, 0.15) is 5.60 Å². The van der Waals surface area contributed by atoms with Crippen molar-refractivity contribution in [3.8, 4) is 11.5 Å². The van der Waals surface area contributed by atoms with Crippen molar-refractivity contribution in [2.45, 2.75) is 18.4 Å². The molecule has 1 unspecified atom stereocenters. The first-order valence-electron chi connectivity index (χ1n) is 6.01. The highest BCUT2D eigenvalue weighted by atomic mass is 16.7. The lowest BCUT2D eigenvalue weighted by Gasteiger charge is -2.28. The van der Waals surface area contributed by atoms with Gasteiger partial charge in [-0.15, -0.1) is 0 Å². The van der Waals surface area contributed by atoms with Crippen LogP contribution in [0.4, 0.5) is 0 Å². The fourth-order valence-corrected chi connectivity index (χ4v) is 2.48. The molecule has 17 heavy (non-hydrogen) atoms. The monoisotopic (exact) mass is 235 g/mol. The molecule has 1 aliphatic heterocycles. The highest BCUT2D eigenvalue weighted by molar-refractivity contribution is 5.46. The van der Waals surface area contributed by atoms with Crippen LogP contribution in [-0.2, 0) is 5.60 Å². The Bertz CT molecular complexity index is 431. The summed E-state index contributed by atoms with van der Waals surface area (Å²) in [5.74, 6) is 1.85. The Morgan fingerprint density at radius 1 is 1.35 bits per heavy atom. The van der Waals surface area contributed by atoms with E-state index in [2.05, 4.69) is 5.32 Å². The summed E-state index contributed by atoms with van der Waals surface area (Å²) in [5.41, 5.74) is 0.133. The van der Waals surface area contributed by atoms with Crippen molar-refractivity contribution >= 4 is 0 Å². The summed E-state index contributed by atoms with van der Waals surface area (Å²) < 4.78 is 10.6. The minimum absolute atomic E-state index is 0.271. The van der Waals surface area contributed by atoms with E-state index in [0.29, 0.717) is 12.5 Å². The zero-order chi connectivity index (χ0) is 11.9. The van der Waals surface area contributed by atoms with Gasteiger partial charge in [0.15, 0.2) is 11.5 Å². The average Bonchev–Trinajstić information content (AvgIpc) is 3.08. The van der Waals surface area contributed by atoms with E-state index in [0.717, 1.165) is 29.9 Å². The molecule has 0 amide bonds. The Morgan fingerprint density at radius 3 is 2.82 bits per heavy atom. The van der Waals surface area contributed by atoms with Crippen LogP contribution in [0.2, 0.25) is 0 Å². The molecule has 92 valence electrons. The molecule has 1 aromatic carbocycles. The first-order valence-corrected chi connectivity index (χ1v) is 6.01. The van der Waals surface area contributed by atoms with Crippen molar-refractivity contribution in [1.29, 1.82) is 0 Å². The topological polar surface area (TPSA) is 50.7 Å². The van der Waals surface area contributed by atoms with Gasteiger partial charge in [-0.3, -0.25) is 0 Å². The highest BCUT2D eigenvalue weighted by Gasteiger charge is 2.45. The molecule has 0 bridgehead atoms. The Balaban J connectivity index is 1.95. The highest BCUT2D eigenvalue weighted by Crippen LogP contribution is 2.47. The fourth-order valence-electron chi connectivity index (χ4n) is 2.48. The molecule has 1 aromatic rings. The number of benzene rings is 1. The number of nitrogens with one attached hydrogen (secondary N) is 1. The standard InChI is InChI=1S/C13H17NO3/c1-14-7-13(15,9-2-3-9)10-4-5-11-12(6-10)17-8-16-11/h4-6,9,14-15H,2-3,7-8H2,1H3. The van der Waals surface area contributed by atoms with Gasteiger partial charge in [0.2, 0.25) is 6.79 Å². The summed E-state index contributed by atoms with van der Waals surface area (Å²) in [7, 11) is 1.86. The van der Waals surface area contributed by atoms with Gasteiger partial charge in [0.05, 0.1) is 0 Å². The SMILES string of the molecule is CNCC(O)(c1ccc2c(c1)OCO2)C1CC1. The number of hydrogen-bond acceptors (Lipinski definition) is 4.